The number of carbonyl (C=O) groups is 1. The Hall–Kier alpha value is -1.51. The molecule has 27 heavy (non-hydrogen) atoms. The zero-order chi connectivity index (χ0) is 20.2. The smallest absolute Gasteiger partial charge is 0.245 e. The molecule has 10 heteroatoms. The third kappa shape index (κ3) is 5.73. The lowest BCUT2D eigenvalue weighted by Gasteiger charge is -2.17. The molecule has 1 unspecified atom stereocenters. The van der Waals surface area contributed by atoms with Gasteiger partial charge >= 0.3 is 0 Å². The van der Waals surface area contributed by atoms with Crippen molar-refractivity contribution in [3.63, 3.8) is 0 Å². The summed E-state index contributed by atoms with van der Waals surface area (Å²) in [5, 5.41) is 3.41. The van der Waals surface area contributed by atoms with Gasteiger partial charge in [-0.25, -0.2) is 8.42 Å². The standard InChI is InChI=1S/C17H17Cl3N2O4S/c1-3-26-15-7-5-12(19)9-16(15)27(24,25)22-10(2)17(23)21-14-8-11(18)4-6-13(14)20/h4-10,22H,3H2,1-2H3,(H,21,23). The third-order valence-corrected chi connectivity index (χ3v) is 5.77. The van der Waals surface area contributed by atoms with Crippen LogP contribution in [0.4, 0.5) is 5.69 Å². The normalized spacial score (nSPS) is 12.5. The fraction of sp³-hybridized carbons (Fsp3) is 0.235. The largest absolute Gasteiger partial charge is 0.492 e. The molecule has 0 spiro atoms. The molecule has 0 radical (unpaired) electrons. The summed E-state index contributed by atoms with van der Waals surface area (Å²) in [6, 6.07) is 7.69. The summed E-state index contributed by atoms with van der Waals surface area (Å²) in [6.07, 6.45) is 0. The first-order valence-corrected chi connectivity index (χ1v) is 10.5. The number of sulfonamides is 1. The van der Waals surface area contributed by atoms with Gasteiger partial charge in [-0.3, -0.25) is 4.79 Å². The highest BCUT2D eigenvalue weighted by atomic mass is 35.5. The van der Waals surface area contributed by atoms with E-state index in [0.717, 1.165) is 0 Å². The average Bonchev–Trinajstić information content (AvgIpc) is 2.59. The van der Waals surface area contributed by atoms with Gasteiger partial charge in [-0.05, 0) is 50.2 Å². The van der Waals surface area contributed by atoms with Crippen molar-refractivity contribution in [1.82, 2.24) is 4.72 Å². The van der Waals surface area contributed by atoms with Crippen molar-refractivity contribution in [2.45, 2.75) is 24.8 Å². The highest BCUT2D eigenvalue weighted by molar-refractivity contribution is 7.89. The van der Waals surface area contributed by atoms with Crippen molar-refractivity contribution >= 4 is 56.4 Å². The zero-order valence-corrected chi connectivity index (χ0v) is 17.5. The maximum Gasteiger partial charge on any atom is 0.245 e. The van der Waals surface area contributed by atoms with E-state index in [1.54, 1.807) is 13.0 Å². The number of rotatable bonds is 7. The average molecular weight is 452 g/mol. The number of amides is 1. The second-order valence-corrected chi connectivity index (χ2v) is 8.44. The highest BCUT2D eigenvalue weighted by Crippen LogP contribution is 2.28. The second kappa shape index (κ2) is 9.12. The summed E-state index contributed by atoms with van der Waals surface area (Å²) in [7, 11) is -4.07. The first-order chi connectivity index (χ1) is 12.6. The molecule has 2 N–H and O–H groups in total. The fourth-order valence-electron chi connectivity index (χ4n) is 2.15. The van der Waals surface area contributed by atoms with Crippen molar-refractivity contribution in [3.8, 4) is 5.75 Å². The zero-order valence-electron chi connectivity index (χ0n) is 14.4. The van der Waals surface area contributed by atoms with Crippen LogP contribution in [-0.4, -0.2) is 27.0 Å². The van der Waals surface area contributed by atoms with E-state index in [0.29, 0.717) is 5.02 Å². The van der Waals surface area contributed by atoms with Crippen LogP contribution in [-0.2, 0) is 14.8 Å². The van der Waals surface area contributed by atoms with Gasteiger partial charge in [0.2, 0.25) is 15.9 Å². The third-order valence-electron chi connectivity index (χ3n) is 3.41. The van der Waals surface area contributed by atoms with Crippen LogP contribution in [0.1, 0.15) is 13.8 Å². The molecular formula is C17H17Cl3N2O4S. The first kappa shape index (κ1) is 21.8. The number of benzene rings is 2. The fourth-order valence-corrected chi connectivity index (χ4v) is 4.10. The van der Waals surface area contributed by atoms with E-state index in [1.165, 1.54) is 37.3 Å². The van der Waals surface area contributed by atoms with Crippen molar-refractivity contribution in [2.75, 3.05) is 11.9 Å². The molecule has 0 aromatic heterocycles. The summed E-state index contributed by atoms with van der Waals surface area (Å²) in [4.78, 5) is 12.2. The lowest BCUT2D eigenvalue weighted by molar-refractivity contribution is -0.117. The molecule has 0 bridgehead atoms. The number of anilines is 1. The number of halogens is 3. The van der Waals surface area contributed by atoms with E-state index in [1.807, 2.05) is 0 Å². The van der Waals surface area contributed by atoms with Crippen LogP contribution >= 0.6 is 34.8 Å². The summed E-state index contributed by atoms with van der Waals surface area (Å²) in [6.45, 7) is 3.40. The Bertz CT molecular complexity index is 951. The van der Waals surface area contributed by atoms with Gasteiger partial charge in [-0.2, -0.15) is 4.72 Å². The van der Waals surface area contributed by atoms with Crippen LogP contribution in [0, 0.1) is 0 Å². The Morgan fingerprint density at radius 1 is 1.11 bits per heavy atom. The molecule has 0 heterocycles. The summed E-state index contributed by atoms with van der Waals surface area (Å²) < 4.78 is 33.0. The Balaban J connectivity index is 2.21. The molecule has 2 aromatic carbocycles. The van der Waals surface area contributed by atoms with Crippen molar-refractivity contribution in [3.05, 3.63) is 51.5 Å². The Morgan fingerprint density at radius 2 is 1.74 bits per heavy atom. The van der Waals surface area contributed by atoms with Crippen molar-refractivity contribution in [2.24, 2.45) is 0 Å². The van der Waals surface area contributed by atoms with Crippen molar-refractivity contribution < 1.29 is 17.9 Å². The van der Waals surface area contributed by atoms with E-state index >= 15 is 0 Å². The van der Waals surface area contributed by atoms with Gasteiger partial charge in [0.25, 0.3) is 0 Å². The van der Waals surface area contributed by atoms with Crippen LogP contribution in [0.5, 0.6) is 5.75 Å². The molecule has 6 nitrogen and oxygen atoms in total. The minimum Gasteiger partial charge on any atom is -0.492 e. The van der Waals surface area contributed by atoms with Crippen LogP contribution in [0.25, 0.3) is 0 Å². The second-order valence-electron chi connectivity index (χ2n) is 5.48. The van der Waals surface area contributed by atoms with Gasteiger partial charge < -0.3 is 10.1 Å². The van der Waals surface area contributed by atoms with Gasteiger partial charge in [0.05, 0.1) is 23.4 Å². The molecule has 0 saturated carbocycles. The number of nitrogens with one attached hydrogen (secondary N) is 2. The Kier molecular flexibility index (Phi) is 7.36. The maximum absolute atomic E-state index is 12.7. The molecule has 1 atom stereocenters. The van der Waals surface area contributed by atoms with E-state index in [4.69, 9.17) is 39.5 Å². The summed E-state index contributed by atoms with van der Waals surface area (Å²) in [5.41, 5.74) is 0.276. The van der Waals surface area contributed by atoms with E-state index in [-0.39, 0.29) is 33.0 Å². The van der Waals surface area contributed by atoms with Crippen LogP contribution in [0.3, 0.4) is 0 Å². The van der Waals surface area contributed by atoms with E-state index in [2.05, 4.69) is 10.0 Å². The summed E-state index contributed by atoms with van der Waals surface area (Å²) in [5.74, 6) is -0.470. The molecule has 0 aliphatic heterocycles. The lowest BCUT2D eigenvalue weighted by atomic mass is 10.3. The van der Waals surface area contributed by atoms with Crippen LogP contribution in [0.2, 0.25) is 15.1 Å². The molecule has 146 valence electrons. The molecule has 0 saturated heterocycles. The lowest BCUT2D eigenvalue weighted by Crippen LogP contribution is -2.41. The number of ether oxygens (including phenoxy) is 1. The van der Waals surface area contributed by atoms with Gasteiger partial charge in [0.1, 0.15) is 10.6 Å². The molecule has 0 fully saturated rings. The molecule has 0 aliphatic rings. The minimum atomic E-state index is -4.07. The number of hydrogen-bond acceptors (Lipinski definition) is 4. The van der Waals surface area contributed by atoms with Crippen molar-refractivity contribution in [1.29, 1.82) is 0 Å². The Labute approximate surface area is 172 Å². The first-order valence-electron chi connectivity index (χ1n) is 7.84. The van der Waals surface area contributed by atoms with Gasteiger partial charge in [0, 0.05) is 10.0 Å². The Morgan fingerprint density at radius 3 is 2.41 bits per heavy atom. The van der Waals surface area contributed by atoms with E-state index < -0.39 is 22.0 Å². The van der Waals surface area contributed by atoms with Gasteiger partial charge in [0.15, 0.2) is 0 Å². The summed E-state index contributed by atoms with van der Waals surface area (Å²) >= 11 is 17.8. The minimum absolute atomic E-state index is 0.139. The molecule has 0 aliphatic carbocycles. The molecule has 2 rings (SSSR count). The molecule has 1 amide bonds. The topological polar surface area (TPSA) is 84.5 Å². The number of hydrogen-bond donors (Lipinski definition) is 2. The maximum atomic E-state index is 12.7. The van der Waals surface area contributed by atoms with Crippen LogP contribution in [0.15, 0.2) is 41.3 Å². The number of carbonyl (C=O) groups excluding carboxylic acids is 1. The van der Waals surface area contributed by atoms with Gasteiger partial charge in [-0.15, -0.1) is 0 Å². The van der Waals surface area contributed by atoms with E-state index in [9.17, 15) is 13.2 Å². The van der Waals surface area contributed by atoms with Crippen LogP contribution < -0.4 is 14.8 Å². The predicted molar refractivity (Wildman–Crippen MR) is 107 cm³/mol. The quantitative estimate of drug-likeness (QED) is 0.655. The monoisotopic (exact) mass is 450 g/mol. The molecular weight excluding hydrogens is 435 g/mol. The predicted octanol–water partition coefficient (Wildman–Crippen LogP) is 4.35. The highest BCUT2D eigenvalue weighted by Gasteiger charge is 2.26. The molecule has 2 aromatic rings. The van der Waals surface area contributed by atoms with Gasteiger partial charge in [-0.1, -0.05) is 34.8 Å². The SMILES string of the molecule is CCOc1ccc(Cl)cc1S(=O)(=O)NC(C)C(=O)Nc1cc(Cl)ccc1Cl.